The highest BCUT2D eigenvalue weighted by Gasteiger charge is 2.26. The van der Waals surface area contributed by atoms with Gasteiger partial charge < -0.3 is 14.5 Å². The predicted octanol–water partition coefficient (Wildman–Crippen LogP) is 1.72. The van der Waals surface area contributed by atoms with E-state index in [4.69, 9.17) is 4.74 Å². The van der Waals surface area contributed by atoms with Crippen LogP contribution in [-0.2, 0) is 4.79 Å². The Bertz CT molecular complexity index is 481. The average molecular weight is 274 g/mol. The number of hydrogen-bond acceptors (Lipinski definition) is 3. The molecule has 2 aliphatic heterocycles. The molecule has 3 rings (SSSR count). The second-order valence-electron chi connectivity index (χ2n) is 5.76. The van der Waals surface area contributed by atoms with Gasteiger partial charge in [0, 0.05) is 32.6 Å². The first-order valence-electron chi connectivity index (χ1n) is 7.42. The van der Waals surface area contributed by atoms with Gasteiger partial charge in [0.1, 0.15) is 5.75 Å². The second-order valence-corrected chi connectivity index (χ2v) is 5.76. The van der Waals surface area contributed by atoms with Crippen LogP contribution in [0.15, 0.2) is 24.3 Å². The summed E-state index contributed by atoms with van der Waals surface area (Å²) in [5.41, 5.74) is 1.20. The maximum absolute atomic E-state index is 12.4. The van der Waals surface area contributed by atoms with E-state index in [2.05, 4.69) is 18.0 Å². The summed E-state index contributed by atoms with van der Waals surface area (Å²) in [5, 5.41) is 0. The Morgan fingerprint density at radius 1 is 1.25 bits per heavy atom. The van der Waals surface area contributed by atoms with E-state index < -0.39 is 0 Å². The number of amides is 1. The van der Waals surface area contributed by atoms with Crippen LogP contribution in [0.2, 0.25) is 0 Å². The minimum atomic E-state index is 0.291. The molecular weight excluding hydrogens is 252 g/mol. The van der Waals surface area contributed by atoms with E-state index in [1.54, 1.807) is 0 Å². The summed E-state index contributed by atoms with van der Waals surface area (Å²) in [4.78, 5) is 16.7. The number of ether oxygens (including phenoxy) is 1. The van der Waals surface area contributed by atoms with Crippen molar-refractivity contribution in [3.8, 4) is 5.75 Å². The van der Waals surface area contributed by atoms with Crippen LogP contribution in [0.4, 0.5) is 0 Å². The van der Waals surface area contributed by atoms with Gasteiger partial charge in [0.05, 0.1) is 6.61 Å². The molecule has 0 spiro atoms. The number of fused-ring (bicyclic) bond motifs is 1. The molecule has 0 saturated carbocycles. The average Bonchev–Trinajstić information content (AvgIpc) is 2.48. The quantitative estimate of drug-likeness (QED) is 0.823. The Labute approximate surface area is 120 Å². The Morgan fingerprint density at radius 2 is 2.00 bits per heavy atom. The lowest BCUT2D eigenvalue weighted by atomic mass is 9.90. The number of rotatable bonds is 2. The van der Waals surface area contributed by atoms with E-state index in [0.717, 1.165) is 45.0 Å². The molecule has 1 unspecified atom stereocenters. The van der Waals surface area contributed by atoms with Crippen LogP contribution < -0.4 is 4.74 Å². The van der Waals surface area contributed by atoms with E-state index in [9.17, 15) is 4.79 Å². The van der Waals surface area contributed by atoms with Gasteiger partial charge >= 0.3 is 0 Å². The minimum Gasteiger partial charge on any atom is -0.493 e. The SMILES string of the molecule is CN1CCN(C(=O)CC2CCOc3ccccc32)CC1. The van der Waals surface area contributed by atoms with Gasteiger partial charge in [-0.05, 0) is 31.0 Å². The largest absolute Gasteiger partial charge is 0.493 e. The highest BCUT2D eigenvalue weighted by molar-refractivity contribution is 5.77. The lowest BCUT2D eigenvalue weighted by Gasteiger charge is -2.34. The third-order valence-corrected chi connectivity index (χ3v) is 4.36. The van der Waals surface area contributed by atoms with Crippen molar-refractivity contribution in [2.24, 2.45) is 0 Å². The summed E-state index contributed by atoms with van der Waals surface area (Å²) in [7, 11) is 2.11. The van der Waals surface area contributed by atoms with Gasteiger partial charge in [0.25, 0.3) is 0 Å². The summed E-state index contributed by atoms with van der Waals surface area (Å²) in [6.45, 7) is 4.41. The molecule has 1 fully saturated rings. The monoisotopic (exact) mass is 274 g/mol. The van der Waals surface area contributed by atoms with Crippen LogP contribution in [0.1, 0.15) is 24.3 Å². The number of carbonyl (C=O) groups is 1. The van der Waals surface area contributed by atoms with Crippen molar-refractivity contribution in [1.29, 1.82) is 0 Å². The lowest BCUT2D eigenvalue weighted by molar-refractivity contribution is -0.133. The van der Waals surface area contributed by atoms with E-state index in [1.165, 1.54) is 5.56 Å². The summed E-state index contributed by atoms with van der Waals surface area (Å²) >= 11 is 0. The van der Waals surface area contributed by atoms with Gasteiger partial charge in [-0.2, -0.15) is 0 Å². The summed E-state index contributed by atoms with van der Waals surface area (Å²) in [6, 6.07) is 8.11. The highest BCUT2D eigenvalue weighted by atomic mass is 16.5. The van der Waals surface area contributed by atoms with Crippen molar-refractivity contribution in [1.82, 2.24) is 9.80 Å². The first-order chi connectivity index (χ1) is 9.74. The van der Waals surface area contributed by atoms with Gasteiger partial charge in [0.2, 0.25) is 5.91 Å². The maximum atomic E-state index is 12.4. The Morgan fingerprint density at radius 3 is 2.80 bits per heavy atom. The molecule has 0 bridgehead atoms. The summed E-state index contributed by atoms with van der Waals surface area (Å²) < 4.78 is 5.66. The van der Waals surface area contributed by atoms with Gasteiger partial charge in [-0.1, -0.05) is 18.2 Å². The van der Waals surface area contributed by atoms with E-state index in [-0.39, 0.29) is 0 Å². The third kappa shape index (κ3) is 2.80. The number of piperazine rings is 1. The molecule has 0 aliphatic carbocycles. The standard InChI is InChI=1S/C16H22N2O2/c1-17-7-9-18(10-8-17)16(19)12-13-6-11-20-15-5-3-2-4-14(13)15/h2-5,13H,6-12H2,1H3. The molecule has 0 aromatic heterocycles. The third-order valence-electron chi connectivity index (χ3n) is 4.36. The molecule has 4 nitrogen and oxygen atoms in total. The normalized spacial score (nSPS) is 23.1. The number of para-hydroxylation sites is 1. The van der Waals surface area contributed by atoms with Gasteiger partial charge in [0.15, 0.2) is 0 Å². The molecule has 1 aromatic rings. The molecule has 1 atom stereocenters. The fourth-order valence-corrected chi connectivity index (χ4v) is 3.02. The molecule has 0 N–H and O–H groups in total. The van der Waals surface area contributed by atoms with E-state index >= 15 is 0 Å². The predicted molar refractivity (Wildman–Crippen MR) is 78.0 cm³/mol. The molecule has 1 amide bonds. The van der Waals surface area contributed by atoms with Crippen LogP contribution in [0.25, 0.3) is 0 Å². The van der Waals surface area contributed by atoms with Crippen molar-refractivity contribution in [2.45, 2.75) is 18.8 Å². The van der Waals surface area contributed by atoms with E-state index in [1.807, 2.05) is 23.1 Å². The maximum Gasteiger partial charge on any atom is 0.223 e. The molecular formula is C16H22N2O2. The molecule has 1 saturated heterocycles. The molecule has 0 radical (unpaired) electrons. The van der Waals surface area contributed by atoms with Crippen molar-refractivity contribution in [2.75, 3.05) is 39.8 Å². The fraction of sp³-hybridized carbons (Fsp3) is 0.562. The van der Waals surface area contributed by atoms with Gasteiger partial charge in [-0.3, -0.25) is 4.79 Å². The topological polar surface area (TPSA) is 32.8 Å². The van der Waals surface area contributed by atoms with Crippen LogP contribution >= 0.6 is 0 Å². The summed E-state index contributed by atoms with van der Waals surface area (Å²) in [5.74, 6) is 1.56. The van der Waals surface area contributed by atoms with Crippen molar-refractivity contribution >= 4 is 5.91 Å². The van der Waals surface area contributed by atoms with Gasteiger partial charge in [-0.25, -0.2) is 0 Å². The highest BCUT2D eigenvalue weighted by Crippen LogP contribution is 2.35. The van der Waals surface area contributed by atoms with Crippen LogP contribution in [0.3, 0.4) is 0 Å². The van der Waals surface area contributed by atoms with Crippen molar-refractivity contribution < 1.29 is 9.53 Å². The number of hydrogen-bond donors (Lipinski definition) is 0. The fourth-order valence-electron chi connectivity index (χ4n) is 3.02. The number of nitrogens with zero attached hydrogens (tertiary/aromatic N) is 2. The zero-order valence-corrected chi connectivity index (χ0v) is 12.0. The first-order valence-corrected chi connectivity index (χ1v) is 7.42. The van der Waals surface area contributed by atoms with Crippen molar-refractivity contribution in [3.05, 3.63) is 29.8 Å². The summed E-state index contributed by atoms with van der Waals surface area (Å²) in [6.07, 6.45) is 1.56. The Hall–Kier alpha value is -1.55. The lowest BCUT2D eigenvalue weighted by Crippen LogP contribution is -2.47. The van der Waals surface area contributed by atoms with Crippen LogP contribution in [-0.4, -0.2) is 55.5 Å². The van der Waals surface area contributed by atoms with E-state index in [0.29, 0.717) is 18.2 Å². The van der Waals surface area contributed by atoms with Crippen LogP contribution in [0.5, 0.6) is 5.75 Å². The molecule has 4 heteroatoms. The molecule has 2 heterocycles. The number of benzene rings is 1. The minimum absolute atomic E-state index is 0.291. The number of likely N-dealkylation sites (N-methyl/N-ethyl adjacent to an activating group) is 1. The van der Waals surface area contributed by atoms with Crippen molar-refractivity contribution in [3.63, 3.8) is 0 Å². The Kier molecular flexibility index (Phi) is 3.92. The number of carbonyl (C=O) groups excluding carboxylic acids is 1. The van der Waals surface area contributed by atoms with Gasteiger partial charge in [-0.15, -0.1) is 0 Å². The molecule has 2 aliphatic rings. The van der Waals surface area contributed by atoms with Crippen LogP contribution in [0, 0.1) is 0 Å². The smallest absolute Gasteiger partial charge is 0.223 e. The molecule has 20 heavy (non-hydrogen) atoms. The first kappa shape index (κ1) is 13.4. The Balaban J connectivity index is 1.65. The zero-order chi connectivity index (χ0) is 13.9. The second kappa shape index (κ2) is 5.83. The zero-order valence-electron chi connectivity index (χ0n) is 12.0. The molecule has 108 valence electrons. The molecule has 1 aromatic carbocycles.